The van der Waals surface area contributed by atoms with Crippen molar-refractivity contribution in [2.24, 2.45) is 0 Å². The molecule has 2 amide bonds. The number of nitrogens with zero attached hydrogens (tertiary/aromatic N) is 1. The zero-order valence-corrected chi connectivity index (χ0v) is 10.2. The second-order valence-corrected chi connectivity index (χ2v) is 4.88. The Bertz CT molecular complexity index is 495. The number of rotatable bonds is 3. The van der Waals surface area contributed by atoms with Gasteiger partial charge in [-0.3, -0.25) is 9.98 Å². The van der Waals surface area contributed by atoms with Crippen LogP contribution in [0.3, 0.4) is 0 Å². The molecule has 1 rings (SSSR count). The van der Waals surface area contributed by atoms with Gasteiger partial charge in [-0.2, -0.15) is 8.42 Å². The third kappa shape index (κ3) is 4.39. The van der Waals surface area contributed by atoms with Gasteiger partial charge in [0.15, 0.2) is 0 Å². The molecule has 1 aromatic rings. The molecule has 0 saturated carbocycles. The van der Waals surface area contributed by atoms with E-state index < -0.39 is 16.1 Å². The van der Waals surface area contributed by atoms with Crippen LogP contribution in [0.4, 0.5) is 10.5 Å². The van der Waals surface area contributed by atoms with Gasteiger partial charge in [-0.1, -0.05) is 0 Å². The van der Waals surface area contributed by atoms with E-state index in [0.29, 0.717) is 5.69 Å². The Kier molecular flexibility index (Phi) is 4.05. The zero-order valence-electron chi connectivity index (χ0n) is 9.34. The minimum Gasteiger partial charge on any atom is -0.307 e. The highest BCUT2D eigenvalue weighted by molar-refractivity contribution is 7.85. The summed E-state index contributed by atoms with van der Waals surface area (Å²) in [5, 5.41) is 3.94. The fourth-order valence-corrected chi connectivity index (χ4v) is 1.55. The highest BCUT2D eigenvalue weighted by atomic mass is 32.2. The topological polar surface area (TPSA) is 98.7 Å². The minimum absolute atomic E-state index is 0.226. The predicted octanol–water partition coefficient (Wildman–Crippen LogP) is 0.531. The van der Waals surface area contributed by atoms with E-state index in [2.05, 4.69) is 10.7 Å². The van der Waals surface area contributed by atoms with E-state index in [1.807, 2.05) is 0 Å². The monoisotopic (exact) mass is 259 g/mol. The predicted molar refractivity (Wildman–Crippen MR) is 62.1 cm³/mol. The Morgan fingerprint density at radius 2 is 1.76 bits per heavy atom. The first kappa shape index (κ1) is 13.4. The van der Waals surface area contributed by atoms with Crippen molar-refractivity contribution in [3.8, 4) is 0 Å². The third-order valence-corrected chi connectivity index (χ3v) is 2.60. The summed E-state index contributed by atoms with van der Waals surface area (Å²) in [4.78, 5) is 11.0. The molecule has 0 radical (unpaired) electrons. The van der Waals surface area contributed by atoms with Crippen molar-refractivity contribution in [1.82, 2.24) is 10.4 Å². The van der Waals surface area contributed by atoms with Crippen molar-refractivity contribution in [2.45, 2.75) is 4.90 Å². The van der Waals surface area contributed by atoms with Crippen molar-refractivity contribution in [1.29, 1.82) is 0 Å². The van der Waals surface area contributed by atoms with Gasteiger partial charge in [0, 0.05) is 19.8 Å². The van der Waals surface area contributed by atoms with E-state index in [1.165, 1.54) is 29.3 Å². The molecule has 0 saturated heterocycles. The number of carbonyl (C=O) groups excluding carboxylic acids is 1. The van der Waals surface area contributed by atoms with Crippen LogP contribution in [0.5, 0.6) is 0 Å². The molecule has 0 fully saturated rings. The van der Waals surface area contributed by atoms with E-state index in [-0.39, 0.29) is 4.90 Å². The van der Waals surface area contributed by atoms with Gasteiger partial charge in [-0.25, -0.2) is 9.80 Å². The molecule has 3 N–H and O–H groups in total. The summed E-state index contributed by atoms with van der Waals surface area (Å²) < 4.78 is 30.3. The molecule has 0 atom stereocenters. The highest BCUT2D eigenvalue weighted by Crippen LogP contribution is 2.13. The van der Waals surface area contributed by atoms with Crippen molar-refractivity contribution < 1.29 is 17.8 Å². The van der Waals surface area contributed by atoms with Crippen LogP contribution >= 0.6 is 0 Å². The van der Waals surface area contributed by atoms with Crippen LogP contribution in [0.25, 0.3) is 0 Å². The van der Waals surface area contributed by atoms with Gasteiger partial charge >= 0.3 is 6.03 Å². The number of urea groups is 1. The average Bonchev–Trinajstić information content (AvgIpc) is 2.15. The maximum atomic E-state index is 11.3. The second-order valence-electron chi connectivity index (χ2n) is 3.46. The van der Waals surface area contributed by atoms with Gasteiger partial charge in [0.25, 0.3) is 10.1 Å². The van der Waals surface area contributed by atoms with E-state index in [4.69, 9.17) is 4.55 Å². The van der Waals surface area contributed by atoms with Crippen molar-refractivity contribution in [3.05, 3.63) is 24.3 Å². The van der Waals surface area contributed by atoms with Crippen LogP contribution in [-0.4, -0.2) is 38.1 Å². The molecule has 7 nitrogen and oxygen atoms in total. The summed E-state index contributed by atoms with van der Waals surface area (Å²) in [5.74, 6) is 0. The first-order valence-corrected chi connectivity index (χ1v) is 6.05. The number of hydrogen-bond donors (Lipinski definition) is 3. The maximum Gasteiger partial charge on any atom is 0.333 e. The number of benzene rings is 1. The lowest BCUT2D eigenvalue weighted by atomic mass is 10.3. The summed E-state index contributed by atoms with van der Waals surface area (Å²) in [6.45, 7) is 0. The quantitative estimate of drug-likeness (QED) is 0.543. The van der Waals surface area contributed by atoms with Gasteiger partial charge in [-0.15, -0.1) is 0 Å². The van der Waals surface area contributed by atoms with E-state index >= 15 is 0 Å². The fourth-order valence-electron chi connectivity index (χ4n) is 1.07. The first-order chi connectivity index (χ1) is 7.79. The second kappa shape index (κ2) is 5.13. The first-order valence-electron chi connectivity index (χ1n) is 4.61. The van der Waals surface area contributed by atoms with Crippen LogP contribution in [-0.2, 0) is 10.1 Å². The Balaban J connectivity index is 2.73. The molecular formula is C9H13N3O4S. The number of anilines is 1. The fraction of sp³-hybridized carbons (Fsp3) is 0.222. The van der Waals surface area contributed by atoms with Gasteiger partial charge in [0.1, 0.15) is 0 Å². The third-order valence-electron chi connectivity index (χ3n) is 1.74. The van der Waals surface area contributed by atoms with Crippen molar-refractivity contribution in [2.75, 3.05) is 19.4 Å². The van der Waals surface area contributed by atoms with Gasteiger partial charge < -0.3 is 5.32 Å². The number of nitrogens with one attached hydrogen (secondary N) is 2. The maximum absolute atomic E-state index is 11.3. The van der Waals surface area contributed by atoms with Gasteiger partial charge in [-0.05, 0) is 24.3 Å². The normalized spacial score (nSPS) is 11.3. The summed E-state index contributed by atoms with van der Waals surface area (Å²) in [7, 11) is -0.896. The SMILES string of the molecule is CN(C)NC(=O)Nc1ccc(S(=O)(=O)O)cc1. The van der Waals surface area contributed by atoms with Crippen molar-refractivity contribution >= 4 is 21.8 Å². The highest BCUT2D eigenvalue weighted by Gasteiger charge is 2.09. The zero-order chi connectivity index (χ0) is 13.1. The molecule has 0 aliphatic heterocycles. The molecule has 8 heteroatoms. The molecule has 17 heavy (non-hydrogen) atoms. The number of carbonyl (C=O) groups is 1. The molecule has 94 valence electrons. The van der Waals surface area contributed by atoms with Gasteiger partial charge in [0.05, 0.1) is 4.90 Å². The van der Waals surface area contributed by atoms with E-state index in [1.54, 1.807) is 14.1 Å². The number of hydrazine groups is 1. The van der Waals surface area contributed by atoms with Crippen LogP contribution in [0, 0.1) is 0 Å². The number of amides is 2. The van der Waals surface area contributed by atoms with E-state index in [0.717, 1.165) is 0 Å². The van der Waals surface area contributed by atoms with Crippen LogP contribution < -0.4 is 10.7 Å². The molecule has 0 heterocycles. The lowest BCUT2D eigenvalue weighted by Crippen LogP contribution is -2.39. The van der Waals surface area contributed by atoms with Crippen LogP contribution in [0.1, 0.15) is 0 Å². The molecule has 1 aromatic carbocycles. The smallest absolute Gasteiger partial charge is 0.307 e. The molecule has 0 aliphatic carbocycles. The number of hydrogen-bond acceptors (Lipinski definition) is 4. The summed E-state index contributed by atoms with van der Waals surface area (Å²) in [6, 6.07) is 4.69. The minimum atomic E-state index is -4.20. The Labute approximate surface area is 99.1 Å². The van der Waals surface area contributed by atoms with Crippen LogP contribution in [0.2, 0.25) is 0 Å². The summed E-state index contributed by atoms with van der Waals surface area (Å²) >= 11 is 0. The lowest BCUT2D eigenvalue weighted by Gasteiger charge is -2.12. The Morgan fingerprint density at radius 3 is 2.18 bits per heavy atom. The Morgan fingerprint density at radius 1 is 1.24 bits per heavy atom. The average molecular weight is 259 g/mol. The molecule has 0 aromatic heterocycles. The van der Waals surface area contributed by atoms with Crippen LogP contribution in [0.15, 0.2) is 29.2 Å². The molecule has 0 unspecified atom stereocenters. The Hall–Kier alpha value is -1.64. The van der Waals surface area contributed by atoms with Crippen molar-refractivity contribution in [3.63, 3.8) is 0 Å². The molecular weight excluding hydrogens is 246 g/mol. The van der Waals surface area contributed by atoms with Gasteiger partial charge in [0.2, 0.25) is 0 Å². The largest absolute Gasteiger partial charge is 0.333 e. The lowest BCUT2D eigenvalue weighted by molar-refractivity contribution is 0.224. The molecule has 0 bridgehead atoms. The van der Waals surface area contributed by atoms with E-state index in [9.17, 15) is 13.2 Å². The molecule has 0 spiro atoms. The molecule has 0 aliphatic rings. The summed E-state index contributed by atoms with van der Waals surface area (Å²) in [6.07, 6.45) is 0. The summed E-state index contributed by atoms with van der Waals surface area (Å²) in [5.41, 5.74) is 2.87. The standard InChI is InChI=1S/C9H13N3O4S/c1-12(2)11-9(13)10-7-3-5-8(6-4-7)17(14,15)16/h3-6H,1-2H3,(H2,10,11,13)(H,14,15,16).